The van der Waals surface area contributed by atoms with Gasteiger partial charge in [-0.2, -0.15) is 0 Å². The summed E-state index contributed by atoms with van der Waals surface area (Å²) < 4.78 is 49.2. The van der Waals surface area contributed by atoms with Gasteiger partial charge in [0.15, 0.2) is 5.82 Å². The molecule has 1 aromatic carbocycles. The third-order valence-electron chi connectivity index (χ3n) is 7.63. The summed E-state index contributed by atoms with van der Waals surface area (Å²) in [6.07, 6.45) is 5.16. The smallest absolute Gasteiger partial charge is 0.243 e. The number of hydrogen-bond acceptors (Lipinski definition) is 10. The maximum atomic E-state index is 13.7. The minimum absolute atomic E-state index is 0.0174. The van der Waals surface area contributed by atoms with Crippen molar-refractivity contribution >= 4 is 16.0 Å². The second kappa shape index (κ2) is 11.1. The fourth-order valence-corrected chi connectivity index (χ4v) is 6.39. The Morgan fingerprint density at radius 1 is 1.10 bits per heavy atom. The molecular formula is C26H35N7O5S. The van der Waals surface area contributed by atoms with Crippen LogP contribution in [0.15, 0.2) is 30.6 Å². The zero-order valence-electron chi connectivity index (χ0n) is 22.9. The standard InChI is InChI=1S/C26H35N7O5S/c1-16-12-27-24(28-13-16)17(2)18(3)39(34,35)31-26-30-29-25(22-14-32-11-7-8-19(32)15-38-22)33(26)23-20(36-4)9-6-10-21(23)37-5/h6,9-10,12-13,17-19,22H,7-8,11,14-15H2,1-5H3,(H,30,31)/t17-,18-,19-,22?/m0/s1. The molecule has 2 aliphatic heterocycles. The van der Waals surface area contributed by atoms with Crippen LogP contribution in [0.4, 0.5) is 5.95 Å². The van der Waals surface area contributed by atoms with Crippen LogP contribution in [0.1, 0.15) is 55.9 Å². The van der Waals surface area contributed by atoms with Crippen LogP contribution in [0, 0.1) is 6.92 Å². The van der Waals surface area contributed by atoms with E-state index in [4.69, 9.17) is 14.2 Å². The molecule has 13 heteroatoms. The number of sulfonamides is 1. The number of aromatic nitrogens is 5. The largest absolute Gasteiger partial charge is 0.494 e. The SMILES string of the molecule is COc1cccc(OC)c1-n1c(NS(=O)(=O)[C@@H](C)[C@H](C)c2ncc(C)cn2)nnc1C1CN2CCC[C@H]2CO1. The van der Waals surface area contributed by atoms with E-state index in [1.54, 1.807) is 63.2 Å². The van der Waals surface area contributed by atoms with Crippen LogP contribution in [0.25, 0.3) is 5.69 Å². The zero-order chi connectivity index (χ0) is 27.7. The molecule has 1 unspecified atom stereocenters. The summed E-state index contributed by atoms with van der Waals surface area (Å²) in [5.41, 5.74) is 1.38. The number of benzene rings is 1. The molecule has 4 heterocycles. The Labute approximate surface area is 228 Å². The molecule has 0 aliphatic carbocycles. The number of aryl methyl sites for hydroxylation is 1. The number of nitrogens with zero attached hydrogens (tertiary/aromatic N) is 6. The van der Waals surface area contributed by atoms with E-state index in [1.807, 2.05) is 6.92 Å². The van der Waals surface area contributed by atoms with Crippen LogP contribution in [0.3, 0.4) is 0 Å². The van der Waals surface area contributed by atoms with Gasteiger partial charge in [-0.05, 0) is 50.9 Å². The minimum atomic E-state index is -3.96. The Morgan fingerprint density at radius 3 is 2.46 bits per heavy atom. The predicted octanol–water partition coefficient (Wildman–Crippen LogP) is 2.85. The van der Waals surface area contributed by atoms with Gasteiger partial charge in [-0.25, -0.2) is 18.4 Å². The third-order valence-corrected chi connectivity index (χ3v) is 9.48. The molecule has 0 saturated carbocycles. The van der Waals surface area contributed by atoms with Crippen molar-refractivity contribution in [3.63, 3.8) is 0 Å². The van der Waals surface area contributed by atoms with E-state index in [-0.39, 0.29) is 5.95 Å². The van der Waals surface area contributed by atoms with E-state index in [1.165, 1.54) is 0 Å². The van der Waals surface area contributed by atoms with Gasteiger partial charge < -0.3 is 14.2 Å². The number of para-hydroxylation sites is 1. The van der Waals surface area contributed by atoms with E-state index >= 15 is 0 Å². The van der Waals surface area contributed by atoms with Crippen molar-refractivity contribution in [1.29, 1.82) is 0 Å². The number of fused-ring (bicyclic) bond motifs is 1. The molecule has 0 bridgehead atoms. The maximum Gasteiger partial charge on any atom is 0.243 e. The van der Waals surface area contributed by atoms with E-state index in [0.717, 1.165) is 24.9 Å². The van der Waals surface area contributed by atoms with Gasteiger partial charge >= 0.3 is 0 Å². The summed E-state index contributed by atoms with van der Waals surface area (Å²) in [6, 6.07) is 5.74. The number of anilines is 1. The maximum absolute atomic E-state index is 13.7. The van der Waals surface area contributed by atoms with E-state index in [0.29, 0.717) is 48.0 Å². The fourth-order valence-electron chi connectivity index (χ4n) is 5.15. The van der Waals surface area contributed by atoms with Crippen molar-refractivity contribution in [3.8, 4) is 17.2 Å². The molecule has 0 spiro atoms. The van der Waals surface area contributed by atoms with Crippen LogP contribution < -0.4 is 14.2 Å². The Bertz CT molecular complexity index is 1390. The molecule has 210 valence electrons. The molecule has 5 rings (SSSR count). The lowest BCUT2D eigenvalue weighted by atomic mass is 10.1. The second-order valence-corrected chi connectivity index (χ2v) is 12.1. The first-order chi connectivity index (χ1) is 18.7. The van der Waals surface area contributed by atoms with Gasteiger partial charge in [0.25, 0.3) is 0 Å². The van der Waals surface area contributed by atoms with E-state index in [2.05, 4.69) is 29.8 Å². The second-order valence-electron chi connectivity index (χ2n) is 10.1. The Hall–Kier alpha value is -3.29. The molecule has 2 fully saturated rings. The number of ether oxygens (including phenoxy) is 3. The Kier molecular flexibility index (Phi) is 7.74. The van der Waals surface area contributed by atoms with Gasteiger partial charge in [-0.1, -0.05) is 13.0 Å². The Morgan fingerprint density at radius 2 is 1.79 bits per heavy atom. The van der Waals surface area contributed by atoms with Gasteiger partial charge in [0.2, 0.25) is 16.0 Å². The van der Waals surface area contributed by atoms with Crippen molar-refractivity contribution in [3.05, 3.63) is 47.8 Å². The molecule has 39 heavy (non-hydrogen) atoms. The summed E-state index contributed by atoms with van der Waals surface area (Å²) in [5, 5.41) is 7.86. The molecule has 1 N–H and O–H groups in total. The van der Waals surface area contributed by atoms with Gasteiger partial charge in [-0.3, -0.25) is 14.2 Å². The average molecular weight is 558 g/mol. The Balaban J connectivity index is 1.54. The number of nitrogens with one attached hydrogen (secondary N) is 1. The lowest BCUT2D eigenvalue weighted by molar-refractivity contribution is -0.0548. The van der Waals surface area contributed by atoms with Crippen molar-refractivity contribution in [2.24, 2.45) is 0 Å². The molecule has 12 nitrogen and oxygen atoms in total. The van der Waals surface area contributed by atoms with Crippen molar-refractivity contribution < 1.29 is 22.6 Å². The topological polar surface area (TPSA) is 134 Å². The van der Waals surface area contributed by atoms with Gasteiger partial charge in [0.1, 0.15) is 29.1 Å². The number of methoxy groups -OCH3 is 2. The number of rotatable bonds is 9. The van der Waals surface area contributed by atoms with Crippen LogP contribution in [0.5, 0.6) is 11.5 Å². The van der Waals surface area contributed by atoms with Gasteiger partial charge in [0, 0.05) is 30.9 Å². The van der Waals surface area contributed by atoms with Crippen molar-refractivity contribution in [2.45, 2.75) is 56.9 Å². The van der Waals surface area contributed by atoms with Crippen LogP contribution in [-0.4, -0.2) is 83.3 Å². The van der Waals surface area contributed by atoms with Gasteiger partial charge in [0.05, 0.1) is 26.1 Å². The average Bonchev–Trinajstić information content (AvgIpc) is 3.58. The van der Waals surface area contributed by atoms with E-state index < -0.39 is 27.3 Å². The lowest BCUT2D eigenvalue weighted by Crippen LogP contribution is -2.43. The fraction of sp³-hybridized carbons (Fsp3) is 0.538. The molecule has 0 amide bonds. The van der Waals surface area contributed by atoms with Gasteiger partial charge in [-0.15, -0.1) is 10.2 Å². The normalized spacial score (nSPS) is 21.3. The summed E-state index contributed by atoms with van der Waals surface area (Å²) in [5.74, 6) is 1.39. The van der Waals surface area contributed by atoms with E-state index in [9.17, 15) is 8.42 Å². The molecule has 2 saturated heterocycles. The number of hydrogen-bond donors (Lipinski definition) is 1. The summed E-state index contributed by atoms with van der Waals surface area (Å²) in [6.45, 7) is 7.49. The highest BCUT2D eigenvalue weighted by molar-refractivity contribution is 7.93. The summed E-state index contributed by atoms with van der Waals surface area (Å²) >= 11 is 0. The molecule has 2 aromatic heterocycles. The first-order valence-corrected chi connectivity index (χ1v) is 14.6. The molecule has 4 atom stereocenters. The molecule has 0 radical (unpaired) electrons. The first kappa shape index (κ1) is 27.3. The highest BCUT2D eigenvalue weighted by Gasteiger charge is 2.38. The number of morpholine rings is 1. The zero-order valence-corrected chi connectivity index (χ0v) is 23.7. The van der Waals surface area contributed by atoms with Crippen molar-refractivity contribution in [1.82, 2.24) is 29.6 Å². The molecule has 2 aliphatic rings. The minimum Gasteiger partial charge on any atom is -0.494 e. The summed E-state index contributed by atoms with van der Waals surface area (Å²) in [7, 11) is -0.868. The highest BCUT2D eigenvalue weighted by Crippen LogP contribution is 2.39. The van der Waals surface area contributed by atoms with Crippen LogP contribution in [0.2, 0.25) is 0 Å². The quantitative estimate of drug-likeness (QED) is 0.419. The lowest BCUT2D eigenvalue weighted by Gasteiger charge is -2.34. The molecule has 3 aromatic rings. The predicted molar refractivity (Wildman–Crippen MR) is 145 cm³/mol. The first-order valence-electron chi connectivity index (χ1n) is 13.1. The molecular weight excluding hydrogens is 522 g/mol. The highest BCUT2D eigenvalue weighted by atomic mass is 32.2. The van der Waals surface area contributed by atoms with Crippen LogP contribution in [-0.2, 0) is 14.8 Å². The van der Waals surface area contributed by atoms with Crippen LogP contribution >= 0.6 is 0 Å². The third kappa shape index (κ3) is 5.30. The summed E-state index contributed by atoms with van der Waals surface area (Å²) in [4.78, 5) is 11.1. The monoisotopic (exact) mass is 557 g/mol. The van der Waals surface area contributed by atoms with Crippen molar-refractivity contribution in [2.75, 3.05) is 38.6 Å².